The second-order valence-corrected chi connectivity index (χ2v) is 6.32. The Morgan fingerprint density at radius 3 is 2.22 bits per heavy atom. The molecule has 0 spiro atoms. The van der Waals surface area contributed by atoms with Crippen molar-refractivity contribution in [3.8, 4) is 0 Å². The Kier molecular flexibility index (Phi) is 3.63. The van der Waals surface area contributed by atoms with Crippen LogP contribution in [0.5, 0.6) is 0 Å². The summed E-state index contributed by atoms with van der Waals surface area (Å²) >= 11 is 0. The molecule has 3 aromatic rings. The molecule has 1 nitrogen and oxygen atoms in total. The summed E-state index contributed by atoms with van der Waals surface area (Å²) in [5.74, 6) is 0. The first-order valence-corrected chi connectivity index (χ1v) is 8.35. The molecule has 0 aromatic heterocycles. The van der Waals surface area contributed by atoms with Gasteiger partial charge in [0, 0.05) is 17.1 Å². The van der Waals surface area contributed by atoms with Crippen molar-refractivity contribution in [1.29, 1.82) is 0 Å². The van der Waals surface area contributed by atoms with E-state index in [9.17, 15) is 0 Å². The van der Waals surface area contributed by atoms with Crippen LogP contribution in [-0.4, -0.2) is 0 Å². The molecule has 0 bridgehead atoms. The molecule has 0 saturated carbocycles. The van der Waals surface area contributed by atoms with Crippen LogP contribution in [0.25, 0.3) is 0 Å². The van der Waals surface area contributed by atoms with E-state index in [0.717, 1.165) is 0 Å². The topological polar surface area (TPSA) is 3.24 Å². The lowest BCUT2D eigenvalue weighted by atomic mass is 10.1. The number of fused-ring (bicyclic) bond motifs is 1. The highest BCUT2D eigenvalue weighted by Crippen LogP contribution is 2.36. The van der Waals surface area contributed by atoms with Gasteiger partial charge in [-0.3, -0.25) is 0 Å². The molecule has 0 aliphatic heterocycles. The number of rotatable bonds is 3. The van der Waals surface area contributed by atoms with Crippen molar-refractivity contribution in [3.05, 3.63) is 89.5 Å². The second-order valence-electron chi connectivity index (χ2n) is 6.32. The molecule has 0 unspecified atom stereocenters. The lowest BCUT2D eigenvalue weighted by Gasteiger charge is -2.26. The average Bonchev–Trinajstić information content (AvgIpc) is 3.04. The van der Waals surface area contributed by atoms with Crippen molar-refractivity contribution in [3.63, 3.8) is 0 Å². The maximum atomic E-state index is 2.37. The molecule has 0 heterocycles. The normalized spacial score (nSPS) is 12.9. The first kappa shape index (κ1) is 14.1. The minimum Gasteiger partial charge on any atom is -0.310 e. The van der Waals surface area contributed by atoms with Crippen molar-refractivity contribution >= 4 is 17.1 Å². The molecule has 0 N–H and O–H groups in total. The molecule has 0 radical (unpaired) electrons. The van der Waals surface area contributed by atoms with Crippen molar-refractivity contribution in [1.82, 2.24) is 0 Å². The van der Waals surface area contributed by atoms with Gasteiger partial charge >= 0.3 is 0 Å². The summed E-state index contributed by atoms with van der Waals surface area (Å²) in [6.07, 6.45) is 3.72. The summed E-state index contributed by atoms with van der Waals surface area (Å²) in [5, 5.41) is 0. The van der Waals surface area contributed by atoms with Crippen LogP contribution < -0.4 is 4.90 Å². The molecule has 1 aliphatic carbocycles. The highest BCUT2D eigenvalue weighted by molar-refractivity contribution is 5.77. The fourth-order valence-corrected chi connectivity index (χ4v) is 3.49. The van der Waals surface area contributed by atoms with E-state index in [2.05, 4.69) is 84.6 Å². The molecule has 1 heteroatoms. The van der Waals surface area contributed by atoms with Crippen LogP contribution in [0.3, 0.4) is 0 Å². The van der Waals surface area contributed by atoms with Crippen LogP contribution in [-0.2, 0) is 12.8 Å². The first-order valence-electron chi connectivity index (χ1n) is 8.35. The minimum atomic E-state index is 1.20. The molecule has 0 amide bonds. The number of hydrogen-bond acceptors (Lipinski definition) is 1. The molecule has 3 aromatic carbocycles. The lowest BCUT2D eigenvalue weighted by molar-refractivity contribution is 0.912. The Hall–Kier alpha value is -2.54. The van der Waals surface area contributed by atoms with E-state index in [1.807, 2.05) is 0 Å². The zero-order chi connectivity index (χ0) is 15.6. The van der Waals surface area contributed by atoms with Crippen LogP contribution in [0.4, 0.5) is 17.1 Å². The molecule has 0 saturated heterocycles. The third-order valence-corrected chi connectivity index (χ3v) is 4.61. The van der Waals surface area contributed by atoms with Crippen LogP contribution in [0, 0.1) is 6.92 Å². The molecule has 0 atom stereocenters. The van der Waals surface area contributed by atoms with Crippen LogP contribution in [0.15, 0.2) is 72.8 Å². The third kappa shape index (κ3) is 2.75. The number of anilines is 3. The third-order valence-electron chi connectivity index (χ3n) is 4.61. The van der Waals surface area contributed by atoms with Crippen molar-refractivity contribution in [2.24, 2.45) is 0 Å². The van der Waals surface area contributed by atoms with Gasteiger partial charge in [0.2, 0.25) is 0 Å². The van der Waals surface area contributed by atoms with E-state index in [1.54, 1.807) is 0 Å². The fraction of sp³-hybridized carbons (Fsp3) is 0.182. The lowest BCUT2D eigenvalue weighted by Crippen LogP contribution is -2.10. The van der Waals surface area contributed by atoms with Crippen molar-refractivity contribution in [2.75, 3.05) is 4.90 Å². The van der Waals surface area contributed by atoms with E-state index in [-0.39, 0.29) is 0 Å². The van der Waals surface area contributed by atoms with Crippen LogP contribution >= 0.6 is 0 Å². The van der Waals surface area contributed by atoms with E-state index in [0.29, 0.717) is 0 Å². The van der Waals surface area contributed by atoms with Gasteiger partial charge in [-0.2, -0.15) is 0 Å². The van der Waals surface area contributed by atoms with E-state index >= 15 is 0 Å². The number of para-hydroxylation sites is 1. The molecule has 0 fully saturated rings. The quantitative estimate of drug-likeness (QED) is 0.577. The highest BCUT2D eigenvalue weighted by atomic mass is 15.1. The van der Waals surface area contributed by atoms with Gasteiger partial charge in [0.05, 0.1) is 0 Å². The molecule has 1 aliphatic rings. The van der Waals surface area contributed by atoms with E-state index < -0.39 is 0 Å². The number of aryl methyl sites for hydroxylation is 3. The maximum Gasteiger partial charge on any atom is 0.0464 e. The van der Waals surface area contributed by atoms with Gasteiger partial charge in [0.1, 0.15) is 0 Å². The van der Waals surface area contributed by atoms with E-state index in [1.165, 1.54) is 53.0 Å². The van der Waals surface area contributed by atoms with Gasteiger partial charge in [-0.05, 0) is 79.3 Å². The SMILES string of the molecule is Cc1cccc(N(c2ccccc2)c2ccc3c(c2)CCC3)c1. The number of benzene rings is 3. The molecule has 23 heavy (non-hydrogen) atoms. The predicted octanol–water partition coefficient (Wildman–Crippen LogP) is 5.95. The molecular formula is C22H21N. The van der Waals surface area contributed by atoms with Crippen LogP contribution in [0.2, 0.25) is 0 Å². The van der Waals surface area contributed by atoms with Gasteiger partial charge in [-0.15, -0.1) is 0 Å². The Morgan fingerprint density at radius 2 is 1.39 bits per heavy atom. The Bertz CT molecular complexity index is 820. The molecule has 114 valence electrons. The fourth-order valence-electron chi connectivity index (χ4n) is 3.49. The largest absolute Gasteiger partial charge is 0.310 e. The number of nitrogens with zero attached hydrogens (tertiary/aromatic N) is 1. The number of hydrogen-bond donors (Lipinski definition) is 0. The Morgan fingerprint density at radius 1 is 0.652 bits per heavy atom. The summed E-state index contributed by atoms with van der Waals surface area (Å²) in [7, 11) is 0. The first-order chi connectivity index (χ1) is 11.3. The zero-order valence-electron chi connectivity index (χ0n) is 13.5. The van der Waals surface area contributed by atoms with Gasteiger partial charge < -0.3 is 4.90 Å². The van der Waals surface area contributed by atoms with Crippen LogP contribution in [0.1, 0.15) is 23.1 Å². The summed E-state index contributed by atoms with van der Waals surface area (Å²) in [4.78, 5) is 2.35. The Labute approximate surface area is 138 Å². The molecule has 4 rings (SSSR count). The monoisotopic (exact) mass is 299 g/mol. The highest BCUT2D eigenvalue weighted by Gasteiger charge is 2.16. The zero-order valence-corrected chi connectivity index (χ0v) is 13.5. The smallest absolute Gasteiger partial charge is 0.0464 e. The summed E-state index contributed by atoms with van der Waals surface area (Å²) < 4.78 is 0. The summed E-state index contributed by atoms with van der Waals surface area (Å²) in [5.41, 5.74) is 7.99. The van der Waals surface area contributed by atoms with E-state index in [4.69, 9.17) is 0 Å². The summed E-state index contributed by atoms with van der Waals surface area (Å²) in [6.45, 7) is 2.15. The average molecular weight is 299 g/mol. The van der Waals surface area contributed by atoms with Gasteiger partial charge in [-0.1, -0.05) is 36.4 Å². The van der Waals surface area contributed by atoms with Gasteiger partial charge in [-0.25, -0.2) is 0 Å². The second kappa shape index (κ2) is 5.92. The van der Waals surface area contributed by atoms with Gasteiger partial charge in [0.15, 0.2) is 0 Å². The predicted molar refractivity (Wildman–Crippen MR) is 97.9 cm³/mol. The van der Waals surface area contributed by atoms with Gasteiger partial charge in [0.25, 0.3) is 0 Å². The molecular weight excluding hydrogens is 278 g/mol. The standard InChI is InChI=1S/C22H21N/c1-17-7-5-12-21(15-17)23(20-10-3-2-4-11-20)22-14-13-18-8-6-9-19(18)16-22/h2-5,7,10-16H,6,8-9H2,1H3. The minimum absolute atomic E-state index is 1.20. The maximum absolute atomic E-state index is 2.37. The van der Waals surface area contributed by atoms with Crippen molar-refractivity contribution in [2.45, 2.75) is 26.2 Å². The summed E-state index contributed by atoms with van der Waals surface area (Å²) in [6, 6.07) is 26.3. The Balaban J connectivity index is 1.85. The van der Waals surface area contributed by atoms with Crippen molar-refractivity contribution < 1.29 is 0 Å².